The topological polar surface area (TPSA) is 58.4 Å². The zero-order chi connectivity index (χ0) is 20.7. The van der Waals surface area contributed by atoms with E-state index in [0.717, 1.165) is 10.6 Å². The number of nitrogens with zero attached hydrogens (tertiary/aromatic N) is 3. The lowest BCUT2D eigenvalue weighted by Crippen LogP contribution is -2.57. The summed E-state index contributed by atoms with van der Waals surface area (Å²) in [5, 5.41) is 13.8. The van der Waals surface area contributed by atoms with Gasteiger partial charge in [0.25, 0.3) is 5.91 Å². The number of benzene rings is 1. The van der Waals surface area contributed by atoms with E-state index in [1.165, 1.54) is 12.1 Å². The number of likely N-dealkylation sites (tertiary alicyclic amines) is 1. The van der Waals surface area contributed by atoms with E-state index < -0.39 is 23.5 Å². The molecule has 0 aliphatic carbocycles. The maximum atomic E-state index is 13.8. The van der Waals surface area contributed by atoms with Gasteiger partial charge in [-0.1, -0.05) is 11.6 Å². The number of hydrogen-bond donors (Lipinski definition) is 1. The van der Waals surface area contributed by atoms with Crippen molar-refractivity contribution in [2.45, 2.75) is 37.5 Å². The molecule has 1 atom stereocenters. The number of carbonyl (C=O) groups is 1. The fourth-order valence-electron chi connectivity index (χ4n) is 3.26. The van der Waals surface area contributed by atoms with Crippen molar-refractivity contribution >= 4 is 17.5 Å². The van der Waals surface area contributed by atoms with Gasteiger partial charge in [-0.15, -0.1) is 0 Å². The number of carbonyl (C=O) groups excluding carboxylic acids is 1. The molecular weight excluding hydrogens is 402 g/mol. The van der Waals surface area contributed by atoms with Gasteiger partial charge in [-0.05, 0) is 38.0 Å². The molecule has 5 nitrogen and oxygen atoms in total. The normalized spacial score (nSPS) is 18.2. The average molecular weight is 420 g/mol. The van der Waals surface area contributed by atoms with Crippen molar-refractivity contribution in [2.24, 2.45) is 0 Å². The zero-order valence-electron chi connectivity index (χ0n) is 14.9. The summed E-state index contributed by atoms with van der Waals surface area (Å²) in [6.07, 6.45) is -2.71. The third kappa shape index (κ3) is 3.73. The largest absolute Gasteiger partial charge is 0.426 e. The lowest BCUT2D eigenvalue weighted by atomic mass is 9.92. The molecule has 28 heavy (non-hydrogen) atoms. The third-order valence-corrected chi connectivity index (χ3v) is 5.30. The van der Waals surface area contributed by atoms with Crippen molar-refractivity contribution in [3.63, 3.8) is 0 Å². The van der Waals surface area contributed by atoms with Crippen LogP contribution in [0.3, 0.4) is 0 Å². The summed E-state index contributed by atoms with van der Waals surface area (Å²) in [6, 6.07) is 6.03. The molecule has 0 radical (unpaired) electrons. The molecule has 1 aromatic heterocycles. The molecule has 10 heteroatoms. The molecule has 1 fully saturated rings. The molecule has 1 aliphatic heterocycles. The van der Waals surface area contributed by atoms with Crippen molar-refractivity contribution in [1.29, 1.82) is 0 Å². The molecule has 1 saturated heterocycles. The Morgan fingerprint density at radius 1 is 1.25 bits per heavy atom. The van der Waals surface area contributed by atoms with E-state index in [4.69, 9.17) is 11.6 Å². The first-order chi connectivity index (χ1) is 13.0. The molecule has 2 aromatic rings. The monoisotopic (exact) mass is 419 g/mol. The number of piperidine rings is 1. The second kappa shape index (κ2) is 7.36. The van der Waals surface area contributed by atoms with Gasteiger partial charge in [-0.3, -0.25) is 4.79 Å². The summed E-state index contributed by atoms with van der Waals surface area (Å²) in [4.78, 5) is 13.1. The number of amides is 1. The van der Waals surface area contributed by atoms with Crippen LogP contribution in [0.15, 0.2) is 30.5 Å². The minimum atomic E-state index is -5.04. The molecule has 0 saturated carbocycles. The highest BCUT2D eigenvalue weighted by molar-refractivity contribution is 6.30. The molecule has 1 aliphatic rings. The Morgan fingerprint density at radius 2 is 1.89 bits per heavy atom. The molecule has 152 valence electrons. The predicted octanol–water partition coefficient (Wildman–Crippen LogP) is 3.68. The summed E-state index contributed by atoms with van der Waals surface area (Å²) < 4.78 is 54.0. The van der Waals surface area contributed by atoms with Crippen molar-refractivity contribution in [3.05, 3.63) is 47.0 Å². The number of rotatable bonds is 3. The molecule has 1 amide bonds. The van der Waals surface area contributed by atoms with E-state index in [9.17, 15) is 27.5 Å². The van der Waals surface area contributed by atoms with Crippen LogP contribution >= 0.6 is 11.6 Å². The van der Waals surface area contributed by atoms with Gasteiger partial charge >= 0.3 is 6.18 Å². The molecule has 1 aromatic carbocycles. The van der Waals surface area contributed by atoms with Gasteiger partial charge in [0.2, 0.25) is 5.60 Å². The van der Waals surface area contributed by atoms with E-state index in [1.807, 2.05) is 0 Å². The number of halogens is 5. The van der Waals surface area contributed by atoms with Gasteiger partial charge in [0, 0.05) is 37.0 Å². The van der Waals surface area contributed by atoms with E-state index in [2.05, 4.69) is 5.10 Å². The number of aromatic nitrogens is 2. The fraction of sp³-hybridized carbons (Fsp3) is 0.444. The van der Waals surface area contributed by atoms with Gasteiger partial charge in [0.05, 0.1) is 10.7 Å². The Balaban J connectivity index is 1.74. The molecule has 3 rings (SSSR count). The van der Waals surface area contributed by atoms with Crippen LogP contribution < -0.4 is 0 Å². The Morgan fingerprint density at radius 3 is 2.46 bits per heavy atom. The summed E-state index contributed by atoms with van der Waals surface area (Å²) in [5.41, 5.74) is -2.18. The quantitative estimate of drug-likeness (QED) is 0.772. The molecule has 1 unspecified atom stereocenters. The Bertz CT molecular complexity index is 874. The van der Waals surface area contributed by atoms with Crippen LogP contribution in [0.5, 0.6) is 0 Å². The first-order valence-electron chi connectivity index (χ1n) is 8.60. The standard InChI is InChI=1S/C18H18ClF4N3O2/c1-17(28,18(21,22)23)16(27)25-8-5-11(6-9-25)15-4-7-24-26(15)12-2-3-13(19)14(20)10-12/h2-4,7,10-11,28H,5-6,8-9H2,1H3. The number of alkyl halides is 3. The fourth-order valence-corrected chi connectivity index (χ4v) is 3.38. The zero-order valence-corrected chi connectivity index (χ0v) is 15.6. The van der Waals surface area contributed by atoms with Crippen LogP contribution in [0.4, 0.5) is 17.6 Å². The first-order valence-corrected chi connectivity index (χ1v) is 8.98. The molecule has 2 heterocycles. The minimum Gasteiger partial charge on any atom is -0.373 e. The highest BCUT2D eigenvalue weighted by atomic mass is 35.5. The smallest absolute Gasteiger partial charge is 0.373 e. The van der Waals surface area contributed by atoms with Crippen molar-refractivity contribution < 1.29 is 27.5 Å². The second-order valence-corrected chi connectivity index (χ2v) is 7.31. The van der Waals surface area contributed by atoms with Crippen LogP contribution in [0.25, 0.3) is 5.69 Å². The van der Waals surface area contributed by atoms with E-state index in [-0.39, 0.29) is 24.0 Å². The third-order valence-electron chi connectivity index (χ3n) is 4.99. The summed E-state index contributed by atoms with van der Waals surface area (Å²) in [5.74, 6) is -2.02. The van der Waals surface area contributed by atoms with Gasteiger partial charge in [-0.25, -0.2) is 9.07 Å². The lowest BCUT2D eigenvalue weighted by Gasteiger charge is -2.36. The van der Waals surface area contributed by atoms with Crippen LogP contribution in [-0.4, -0.2) is 50.6 Å². The SMILES string of the molecule is CC(O)(C(=O)N1CCC(c2ccnn2-c2ccc(Cl)c(F)c2)CC1)C(F)(F)F. The van der Waals surface area contributed by atoms with Crippen molar-refractivity contribution in [3.8, 4) is 5.69 Å². The first kappa shape index (κ1) is 20.6. The van der Waals surface area contributed by atoms with Crippen LogP contribution in [0, 0.1) is 5.82 Å². The summed E-state index contributed by atoms with van der Waals surface area (Å²) in [7, 11) is 0. The number of hydrogen-bond acceptors (Lipinski definition) is 3. The Hall–Kier alpha value is -2.13. The second-order valence-electron chi connectivity index (χ2n) is 6.90. The molecule has 0 bridgehead atoms. The van der Waals surface area contributed by atoms with Gasteiger partial charge in [0.1, 0.15) is 5.82 Å². The van der Waals surface area contributed by atoms with Crippen molar-refractivity contribution in [2.75, 3.05) is 13.1 Å². The predicted molar refractivity (Wildman–Crippen MR) is 93.8 cm³/mol. The molecule has 1 N–H and O–H groups in total. The van der Waals surface area contributed by atoms with E-state index >= 15 is 0 Å². The Kier molecular flexibility index (Phi) is 5.42. The van der Waals surface area contributed by atoms with Gasteiger partial charge < -0.3 is 10.0 Å². The van der Waals surface area contributed by atoms with Crippen molar-refractivity contribution in [1.82, 2.24) is 14.7 Å². The minimum absolute atomic E-state index is 0.0130. The van der Waals surface area contributed by atoms with E-state index in [0.29, 0.717) is 25.5 Å². The highest BCUT2D eigenvalue weighted by Crippen LogP contribution is 2.35. The van der Waals surface area contributed by atoms with Crippen LogP contribution in [0.1, 0.15) is 31.4 Å². The maximum Gasteiger partial charge on any atom is 0.426 e. The van der Waals surface area contributed by atoms with Crippen LogP contribution in [0.2, 0.25) is 5.02 Å². The number of aliphatic hydroxyl groups is 1. The summed E-state index contributed by atoms with van der Waals surface area (Å²) in [6.45, 7) is 0.595. The molecular formula is C18H18ClF4N3O2. The van der Waals surface area contributed by atoms with Crippen LogP contribution in [-0.2, 0) is 4.79 Å². The van der Waals surface area contributed by atoms with Gasteiger partial charge in [-0.2, -0.15) is 18.3 Å². The Labute approximate surface area is 163 Å². The molecule has 0 spiro atoms. The lowest BCUT2D eigenvalue weighted by molar-refractivity contribution is -0.250. The summed E-state index contributed by atoms with van der Waals surface area (Å²) >= 11 is 5.70. The average Bonchev–Trinajstić information content (AvgIpc) is 3.12. The highest BCUT2D eigenvalue weighted by Gasteiger charge is 2.57. The maximum absolute atomic E-state index is 13.8. The van der Waals surface area contributed by atoms with E-state index in [1.54, 1.807) is 23.0 Å². The van der Waals surface area contributed by atoms with Gasteiger partial charge in [0.15, 0.2) is 0 Å².